The van der Waals surface area contributed by atoms with Crippen molar-refractivity contribution in [3.05, 3.63) is 53.1 Å². The van der Waals surface area contributed by atoms with Gasteiger partial charge in [-0.2, -0.15) is 0 Å². The average Bonchev–Trinajstić information content (AvgIpc) is 2.55. The maximum absolute atomic E-state index is 13.2. The van der Waals surface area contributed by atoms with E-state index in [1.807, 2.05) is 6.92 Å². The summed E-state index contributed by atoms with van der Waals surface area (Å²) in [7, 11) is 0. The zero-order chi connectivity index (χ0) is 18.1. The molecule has 0 bridgehead atoms. The summed E-state index contributed by atoms with van der Waals surface area (Å²) >= 11 is 0. The minimum Gasteiger partial charge on any atom is -0.391 e. The van der Waals surface area contributed by atoms with E-state index in [-0.39, 0.29) is 28.2 Å². The number of carbonyl (C=O) groups is 2. The number of hydrogen-bond acceptors (Lipinski definition) is 6. The van der Waals surface area contributed by atoms with E-state index in [0.717, 1.165) is 18.3 Å². The summed E-state index contributed by atoms with van der Waals surface area (Å²) in [6, 6.07) is 3.53. The van der Waals surface area contributed by atoms with E-state index in [1.54, 1.807) is 0 Å². The molecule has 0 saturated carbocycles. The molecule has 126 valence electrons. The Labute approximate surface area is 139 Å². The third kappa shape index (κ3) is 5.28. The van der Waals surface area contributed by atoms with Crippen LogP contribution in [0.2, 0.25) is 0 Å². The van der Waals surface area contributed by atoms with Gasteiger partial charge in [0.05, 0.1) is 11.3 Å². The van der Waals surface area contributed by atoms with Crippen LogP contribution in [-0.2, 0) is 4.79 Å². The molecule has 0 aromatic heterocycles. The molecule has 0 fully saturated rings. The van der Waals surface area contributed by atoms with Crippen molar-refractivity contribution in [2.45, 2.75) is 13.8 Å². The number of allylic oxidation sites excluding steroid dienone is 2. The molecule has 1 rings (SSSR count). The van der Waals surface area contributed by atoms with E-state index < -0.39 is 11.6 Å². The molecule has 0 amide bonds. The number of aldehydes is 1. The third-order valence-corrected chi connectivity index (χ3v) is 2.89. The van der Waals surface area contributed by atoms with Crippen molar-refractivity contribution in [1.82, 2.24) is 5.32 Å². The Hall–Kier alpha value is -3.09. The summed E-state index contributed by atoms with van der Waals surface area (Å²) in [4.78, 5) is 23.6. The number of hydrogen-bond donors (Lipinski definition) is 4. The lowest BCUT2D eigenvalue weighted by atomic mass is 10.1. The van der Waals surface area contributed by atoms with Gasteiger partial charge in [-0.3, -0.25) is 9.59 Å². The largest absolute Gasteiger partial charge is 0.391 e. The highest BCUT2D eigenvalue weighted by molar-refractivity contribution is 6.23. The summed E-state index contributed by atoms with van der Waals surface area (Å²) in [6.45, 7) is 3.90. The summed E-state index contributed by atoms with van der Waals surface area (Å²) in [6.07, 6.45) is 4.04. The number of Topliss-reactive ketones (excluding diaryl/α,β-unsaturated/α-hetero) is 1. The highest BCUT2D eigenvalue weighted by Crippen LogP contribution is 2.18. The molecule has 4 N–H and O–H groups in total. The van der Waals surface area contributed by atoms with Gasteiger partial charge < -0.3 is 21.5 Å². The first kappa shape index (κ1) is 19.0. The van der Waals surface area contributed by atoms with Crippen molar-refractivity contribution in [3.63, 3.8) is 0 Å². The Balaban J connectivity index is 3.25. The fourth-order valence-electron chi connectivity index (χ4n) is 1.81. The second-order valence-corrected chi connectivity index (χ2v) is 4.85. The Morgan fingerprint density at radius 3 is 2.62 bits per heavy atom. The topological polar surface area (TPSA) is 106 Å². The number of benzene rings is 1. The zero-order valence-electron chi connectivity index (χ0n) is 13.4. The van der Waals surface area contributed by atoms with Crippen molar-refractivity contribution in [2.24, 2.45) is 0 Å². The summed E-state index contributed by atoms with van der Waals surface area (Å²) in [5, 5.41) is 20.5. The molecule has 0 aliphatic heterocycles. The Morgan fingerprint density at radius 2 is 2.08 bits per heavy atom. The molecule has 0 radical (unpaired) electrons. The van der Waals surface area contributed by atoms with E-state index >= 15 is 0 Å². The van der Waals surface area contributed by atoms with Crippen molar-refractivity contribution < 1.29 is 14.0 Å². The highest BCUT2D eigenvalue weighted by Gasteiger charge is 2.16. The van der Waals surface area contributed by atoms with Gasteiger partial charge in [-0.15, -0.1) is 0 Å². The van der Waals surface area contributed by atoms with Gasteiger partial charge in [-0.25, -0.2) is 4.39 Å². The zero-order valence-corrected chi connectivity index (χ0v) is 13.4. The Bertz CT molecular complexity index is 723. The predicted molar refractivity (Wildman–Crippen MR) is 92.4 cm³/mol. The maximum atomic E-state index is 13.2. The van der Waals surface area contributed by atoms with Crippen LogP contribution < -0.4 is 10.6 Å². The molecule has 1 aromatic carbocycles. The van der Waals surface area contributed by atoms with Crippen LogP contribution in [0, 0.1) is 16.6 Å². The van der Waals surface area contributed by atoms with Gasteiger partial charge >= 0.3 is 0 Å². The van der Waals surface area contributed by atoms with Crippen LogP contribution in [0.15, 0.2) is 41.7 Å². The van der Waals surface area contributed by atoms with E-state index in [0.29, 0.717) is 12.8 Å². The van der Waals surface area contributed by atoms with Crippen LogP contribution >= 0.6 is 0 Å². The number of carbonyl (C=O) groups excluding carboxylic acids is 2. The van der Waals surface area contributed by atoms with Crippen LogP contribution in [0.3, 0.4) is 0 Å². The van der Waals surface area contributed by atoms with Crippen LogP contribution in [0.1, 0.15) is 24.2 Å². The van der Waals surface area contributed by atoms with Crippen molar-refractivity contribution in [3.8, 4) is 0 Å². The van der Waals surface area contributed by atoms with Crippen molar-refractivity contribution in [2.75, 3.05) is 11.9 Å². The maximum Gasteiger partial charge on any atom is 0.212 e. The molecule has 0 atom stereocenters. The molecule has 0 spiro atoms. The van der Waals surface area contributed by atoms with Crippen LogP contribution in [0.4, 0.5) is 10.1 Å². The molecule has 1 aromatic rings. The Kier molecular flexibility index (Phi) is 7.22. The smallest absolute Gasteiger partial charge is 0.212 e. The van der Waals surface area contributed by atoms with E-state index in [2.05, 4.69) is 10.6 Å². The lowest BCUT2D eigenvalue weighted by Crippen LogP contribution is -2.18. The molecular weight excluding hydrogens is 311 g/mol. The molecule has 0 saturated heterocycles. The van der Waals surface area contributed by atoms with E-state index in [4.69, 9.17) is 10.8 Å². The van der Waals surface area contributed by atoms with Gasteiger partial charge in [0.15, 0.2) is 6.29 Å². The van der Waals surface area contributed by atoms with Gasteiger partial charge in [0.2, 0.25) is 5.78 Å². The molecule has 0 aliphatic rings. The van der Waals surface area contributed by atoms with Gasteiger partial charge in [0.25, 0.3) is 0 Å². The van der Waals surface area contributed by atoms with Gasteiger partial charge in [0.1, 0.15) is 5.82 Å². The number of rotatable bonds is 9. The number of nitrogens with one attached hydrogen (secondary N) is 4. The molecule has 0 aliphatic carbocycles. The Morgan fingerprint density at radius 1 is 1.38 bits per heavy atom. The first-order valence-electron chi connectivity index (χ1n) is 7.20. The predicted octanol–water partition coefficient (Wildman–Crippen LogP) is 2.69. The lowest BCUT2D eigenvalue weighted by Gasteiger charge is -2.13. The van der Waals surface area contributed by atoms with Gasteiger partial charge in [-0.1, -0.05) is 0 Å². The third-order valence-electron chi connectivity index (χ3n) is 2.89. The molecule has 7 heteroatoms. The second-order valence-electron chi connectivity index (χ2n) is 4.85. The first-order chi connectivity index (χ1) is 11.4. The standard InChI is InChI=1S/C17H19FN4O2/c1-3-21-9-13(8-19)17(24)16(6-11(2)20)22-15-5-4-14(18)7-12(15)10-23/h4-10,19-22H,3H2,1-2H3/b13-9+,16-6-,19-8?,20-11?. The van der Waals surface area contributed by atoms with E-state index in [9.17, 15) is 14.0 Å². The molecular formula is C17H19FN4O2. The monoisotopic (exact) mass is 330 g/mol. The highest BCUT2D eigenvalue weighted by atomic mass is 19.1. The fourth-order valence-corrected chi connectivity index (χ4v) is 1.81. The molecule has 6 nitrogen and oxygen atoms in total. The minimum absolute atomic E-state index is 0.00450. The molecule has 0 unspecified atom stereocenters. The number of anilines is 1. The SMILES string of the molecule is CCN/C=C(\C=N)C(=O)/C(=C/C(C)=N)Nc1ccc(F)cc1C=O. The quantitative estimate of drug-likeness (QED) is 0.317. The second kappa shape index (κ2) is 9.14. The number of halogens is 1. The molecule has 24 heavy (non-hydrogen) atoms. The average molecular weight is 330 g/mol. The van der Waals surface area contributed by atoms with Crippen molar-refractivity contribution in [1.29, 1.82) is 10.8 Å². The fraction of sp³-hybridized carbons (Fsp3) is 0.176. The minimum atomic E-state index is -0.574. The normalized spacial score (nSPS) is 11.6. The van der Waals surface area contributed by atoms with Gasteiger partial charge in [-0.05, 0) is 38.1 Å². The summed E-state index contributed by atoms with van der Waals surface area (Å²) in [5.74, 6) is -1.10. The molecule has 0 heterocycles. The summed E-state index contributed by atoms with van der Waals surface area (Å²) in [5.41, 5.74) is 0.466. The first-order valence-corrected chi connectivity index (χ1v) is 7.20. The van der Waals surface area contributed by atoms with Crippen LogP contribution in [0.25, 0.3) is 0 Å². The van der Waals surface area contributed by atoms with Crippen LogP contribution in [-0.4, -0.2) is 30.5 Å². The summed E-state index contributed by atoms with van der Waals surface area (Å²) < 4.78 is 13.2. The number of ketones is 1. The van der Waals surface area contributed by atoms with Crippen molar-refractivity contribution >= 4 is 29.7 Å². The van der Waals surface area contributed by atoms with E-state index in [1.165, 1.54) is 25.3 Å². The lowest BCUT2D eigenvalue weighted by molar-refractivity contribution is -0.111. The van der Waals surface area contributed by atoms with Gasteiger partial charge in [0, 0.05) is 35.9 Å². The van der Waals surface area contributed by atoms with Crippen LogP contribution in [0.5, 0.6) is 0 Å².